The van der Waals surface area contributed by atoms with Crippen LogP contribution in [-0.4, -0.2) is 11.3 Å². The molecule has 0 aromatic carbocycles. The first-order chi connectivity index (χ1) is 4.86. The number of hydrogen-bond acceptors (Lipinski definition) is 4. The molecule has 0 saturated carbocycles. The summed E-state index contributed by atoms with van der Waals surface area (Å²) in [6.45, 7) is -0.0988. The molecule has 0 aliphatic carbocycles. The Balaban J connectivity index is 2.78. The maximum atomic E-state index is 8.55. The van der Waals surface area contributed by atoms with E-state index in [4.69, 9.17) is 15.4 Å². The first-order valence-corrected chi connectivity index (χ1v) is 2.79. The summed E-state index contributed by atoms with van der Waals surface area (Å²) in [5.41, 5.74) is 0. The van der Waals surface area contributed by atoms with Gasteiger partial charge in [-0.1, -0.05) is 0 Å². The Kier molecular flexibility index (Phi) is 2.07. The topological polar surface area (TPSA) is 71.8 Å². The first kappa shape index (κ1) is 6.82. The highest BCUT2D eigenvalue weighted by atomic mass is 16.4. The highest BCUT2D eigenvalue weighted by Gasteiger charge is 1.95. The molecular weight excluding hydrogens is 132 g/mol. The third kappa shape index (κ3) is 1.35. The van der Waals surface area contributed by atoms with E-state index in [2.05, 4.69) is 5.10 Å². The van der Waals surface area contributed by atoms with Gasteiger partial charge >= 0.3 is 0 Å². The molecule has 0 aliphatic rings. The van der Waals surface area contributed by atoms with Gasteiger partial charge in [0.05, 0.1) is 6.21 Å². The number of hydrazone groups is 1. The third-order valence-corrected chi connectivity index (χ3v) is 1.04. The average Bonchev–Trinajstić information content (AvgIpc) is 2.37. The second-order valence-corrected chi connectivity index (χ2v) is 1.74. The van der Waals surface area contributed by atoms with Gasteiger partial charge in [0, 0.05) is 0 Å². The number of rotatable bonds is 2. The fourth-order valence-electron chi connectivity index (χ4n) is 0.622. The molecule has 1 heterocycles. The highest BCUT2D eigenvalue weighted by Crippen LogP contribution is 2.04. The van der Waals surface area contributed by atoms with Crippen LogP contribution in [0.25, 0.3) is 0 Å². The zero-order chi connectivity index (χ0) is 7.40. The summed E-state index contributed by atoms with van der Waals surface area (Å²) in [6.07, 6.45) is 1.37. The molecule has 0 spiro atoms. The Hall–Kier alpha value is -1.29. The SMILES string of the molecule is NN=Cc1ccc(CO)o1. The quantitative estimate of drug-likeness (QED) is 0.346. The molecule has 1 aromatic heterocycles. The van der Waals surface area contributed by atoms with Gasteiger partial charge in [-0.05, 0) is 12.1 Å². The molecule has 1 rings (SSSR count). The minimum absolute atomic E-state index is 0.0988. The van der Waals surface area contributed by atoms with Gasteiger partial charge in [-0.3, -0.25) is 0 Å². The molecule has 0 unspecified atom stereocenters. The number of aliphatic hydroxyl groups excluding tert-OH is 1. The highest BCUT2D eigenvalue weighted by molar-refractivity contribution is 5.75. The van der Waals surface area contributed by atoms with Gasteiger partial charge < -0.3 is 15.4 Å². The third-order valence-electron chi connectivity index (χ3n) is 1.04. The van der Waals surface area contributed by atoms with Gasteiger partial charge in [0.25, 0.3) is 0 Å². The Morgan fingerprint density at radius 3 is 3.00 bits per heavy atom. The van der Waals surface area contributed by atoms with Crippen molar-refractivity contribution in [1.29, 1.82) is 0 Å². The van der Waals surface area contributed by atoms with Crippen molar-refractivity contribution in [2.45, 2.75) is 6.61 Å². The molecule has 0 fully saturated rings. The van der Waals surface area contributed by atoms with E-state index in [9.17, 15) is 0 Å². The summed E-state index contributed by atoms with van der Waals surface area (Å²) in [4.78, 5) is 0. The molecule has 0 saturated heterocycles. The Morgan fingerprint density at radius 2 is 2.50 bits per heavy atom. The molecule has 0 radical (unpaired) electrons. The standard InChI is InChI=1S/C6H8N2O2/c7-8-3-5-1-2-6(4-9)10-5/h1-3,9H,4,7H2. The summed E-state index contributed by atoms with van der Waals surface area (Å²) in [7, 11) is 0. The molecule has 4 nitrogen and oxygen atoms in total. The van der Waals surface area contributed by atoms with E-state index in [1.54, 1.807) is 12.1 Å². The minimum Gasteiger partial charge on any atom is -0.458 e. The molecule has 0 atom stereocenters. The second-order valence-electron chi connectivity index (χ2n) is 1.74. The molecule has 3 N–H and O–H groups in total. The number of hydrogen-bond donors (Lipinski definition) is 2. The zero-order valence-electron chi connectivity index (χ0n) is 5.32. The summed E-state index contributed by atoms with van der Waals surface area (Å²) in [6, 6.07) is 3.35. The largest absolute Gasteiger partial charge is 0.458 e. The fourth-order valence-corrected chi connectivity index (χ4v) is 0.622. The van der Waals surface area contributed by atoms with Crippen molar-refractivity contribution in [1.82, 2.24) is 0 Å². The van der Waals surface area contributed by atoms with Crippen LogP contribution in [0.2, 0.25) is 0 Å². The van der Waals surface area contributed by atoms with Crippen LogP contribution in [0.1, 0.15) is 11.5 Å². The van der Waals surface area contributed by atoms with Crippen LogP contribution in [0.3, 0.4) is 0 Å². The minimum atomic E-state index is -0.0988. The normalized spacial score (nSPS) is 10.9. The van der Waals surface area contributed by atoms with Crippen molar-refractivity contribution < 1.29 is 9.52 Å². The monoisotopic (exact) mass is 140 g/mol. The van der Waals surface area contributed by atoms with Gasteiger partial charge in [0.15, 0.2) is 0 Å². The predicted octanol–water partition coefficient (Wildman–Crippen LogP) is 0.0645. The van der Waals surface area contributed by atoms with E-state index < -0.39 is 0 Å². The van der Waals surface area contributed by atoms with Crippen LogP contribution in [0, 0.1) is 0 Å². The number of aliphatic hydroxyl groups is 1. The van der Waals surface area contributed by atoms with Gasteiger partial charge in [0.1, 0.15) is 18.1 Å². The van der Waals surface area contributed by atoms with Crippen LogP contribution >= 0.6 is 0 Å². The zero-order valence-corrected chi connectivity index (χ0v) is 5.32. The average molecular weight is 140 g/mol. The van der Waals surface area contributed by atoms with Crippen LogP contribution in [0.5, 0.6) is 0 Å². The van der Waals surface area contributed by atoms with E-state index in [-0.39, 0.29) is 6.61 Å². The smallest absolute Gasteiger partial charge is 0.147 e. The lowest BCUT2D eigenvalue weighted by Crippen LogP contribution is -1.82. The lowest BCUT2D eigenvalue weighted by atomic mass is 10.4. The maximum Gasteiger partial charge on any atom is 0.147 e. The van der Waals surface area contributed by atoms with Gasteiger partial charge in [-0.15, -0.1) is 0 Å². The molecule has 0 aliphatic heterocycles. The molecule has 10 heavy (non-hydrogen) atoms. The summed E-state index contributed by atoms with van der Waals surface area (Å²) >= 11 is 0. The summed E-state index contributed by atoms with van der Waals surface area (Å²) in [5, 5.41) is 11.8. The van der Waals surface area contributed by atoms with E-state index in [0.29, 0.717) is 11.5 Å². The molecular formula is C6H8N2O2. The van der Waals surface area contributed by atoms with E-state index in [1.165, 1.54) is 6.21 Å². The van der Waals surface area contributed by atoms with Crippen LogP contribution in [-0.2, 0) is 6.61 Å². The van der Waals surface area contributed by atoms with Gasteiger partial charge in [-0.25, -0.2) is 0 Å². The van der Waals surface area contributed by atoms with Crippen LogP contribution in [0.4, 0.5) is 0 Å². The molecule has 1 aromatic rings. The van der Waals surface area contributed by atoms with Crippen molar-refractivity contribution in [2.75, 3.05) is 0 Å². The van der Waals surface area contributed by atoms with Crippen LogP contribution in [0.15, 0.2) is 21.7 Å². The van der Waals surface area contributed by atoms with Crippen molar-refractivity contribution in [3.8, 4) is 0 Å². The van der Waals surface area contributed by atoms with Gasteiger partial charge in [0.2, 0.25) is 0 Å². The molecule has 0 amide bonds. The Labute approximate surface area is 58.0 Å². The van der Waals surface area contributed by atoms with Gasteiger partial charge in [-0.2, -0.15) is 5.10 Å². The predicted molar refractivity (Wildman–Crippen MR) is 36.4 cm³/mol. The summed E-state index contributed by atoms with van der Waals surface area (Å²) in [5.74, 6) is 5.92. The maximum absolute atomic E-state index is 8.55. The lowest BCUT2D eigenvalue weighted by molar-refractivity contribution is 0.247. The Bertz CT molecular complexity index is 229. The second kappa shape index (κ2) is 3.03. The number of nitrogens with two attached hydrogens (primary N) is 1. The first-order valence-electron chi connectivity index (χ1n) is 2.79. The molecule has 4 heteroatoms. The number of furan rings is 1. The molecule has 0 bridgehead atoms. The van der Waals surface area contributed by atoms with Crippen molar-refractivity contribution >= 4 is 6.21 Å². The lowest BCUT2D eigenvalue weighted by Gasteiger charge is -1.84. The van der Waals surface area contributed by atoms with E-state index in [0.717, 1.165) is 0 Å². The Morgan fingerprint density at radius 1 is 1.70 bits per heavy atom. The molecule has 54 valence electrons. The van der Waals surface area contributed by atoms with E-state index >= 15 is 0 Å². The van der Waals surface area contributed by atoms with Crippen LogP contribution < -0.4 is 5.84 Å². The van der Waals surface area contributed by atoms with Crippen molar-refractivity contribution in [3.05, 3.63) is 23.7 Å². The van der Waals surface area contributed by atoms with Crippen molar-refractivity contribution in [2.24, 2.45) is 10.9 Å². The van der Waals surface area contributed by atoms with Crippen molar-refractivity contribution in [3.63, 3.8) is 0 Å². The van der Waals surface area contributed by atoms with E-state index in [1.807, 2.05) is 0 Å². The fraction of sp³-hybridized carbons (Fsp3) is 0.167. The summed E-state index contributed by atoms with van der Waals surface area (Å²) < 4.78 is 4.99. The number of nitrogens with zero attached hydrogens (tertiary/aromatic N) is 1.